The van der Waals surface area contributed by atoms with Gasteiger partial charge in [0, 0.05) is 6.61 Å². The van der Waals surface area contributed by atoms with Crippen LogP contribution >= 0.6 is 0 Å². The minimum absolute atomic E-state index is 0.300. The van der Waals surface area contributed by atoms with Crippen LogP contribution in [0.1, 0.15) is 13.8 Å². The highest BCUT2D eigenvalue weighted by Crippen LogP contribution is 2.56. The number of rotatable bonds is 2. The van der Waals surface area contributed by atoms with Gasteiger partial charge in [-0.2, -0.15) is 0 Å². The van der Waals surface area contributed by atoms with Crippen LogP contribution in [0.2, 0.25) is 0 Å². The van der Waals surface area contributed by atoms with E-state index in [0.29, 0.717) is 23.9 Å². The van der Waals surface area contributed by atoms with Crippen molar-refractivity contribution < 1.29 is 5.11 Å². The lowest BCUT2D eigenvalue weighted by Crippen LogP contribution is -2.05. The highest BCUT2D eigenvalue weighted by Gasteiger charge is 2.55. The molecule has 0 aliphatic heterocycles. The highest BCUT2D eigenvalue weighted by molar-refractivity contribution is 5.04. The number of hydrogen-bond acceptors (Lipinski definition) is 2. The van der Waals surface area contributed by atoms with Crippen LogP contribution in [0.25, 0.3) is 0 Å². The maximum atomic E-state index is 8.79. The average molecular weight is 129 g/mol. The molecule has 1 aliphatic carbocycles. The van der Waals surface area contributed by atoms with E-state index in [2.05, 4.69) is 13.8 Å². The minimum atomic E-state index is 0.300. The van der Waals surface area contributed by atoms with Crippen molar-refractivity contribution in [2.45, 2.75) is 13.8 Å². The van der Waals surface area contributed by atoms with E-state index in [9.17, 15) is 0 Å². The summed E-state index contributed by atoms with van der Waals surface area (Å²) < 4.78 is 0. The fraction of sp³-hybridized carbons (Fsp3) is 1.00. The normalized spacial score (nSPS) is 38.7. The fourth-order valence-corrected chi connectivity index (χ4v) is 1.69. The van der Waals surface area contributed by atoms with E-state index in [1.165, 1.54) is 0 Å². The van der Waals surface area contributed by atoms with E-state index in [1.54, 1.807) is 0 Å². The number of aliphatic hydroxyl groups excluding tert-OH is 1. The summed E-state index contributed by atoms with van der Waals surface area (Å²) in [6.45, 7) is 5.34. The lowest BCUT2D eigenvalue weighted by Gasteiger charge is -1.97. The second-order valence-corrected chi connectivity index (χ2v) is 3.45. The molecule has 0 aromatic rings. The Morgan fingerprint density at radius 2 is 2.00 bits per heavy atom. The van der Waals surface area contributed by atoms with Crippen molar-refractivity contribution in [3.63, 3.8) is 0 Å². The largest absolute Gasteiger partial charge is 0.396 e. The van der Waals surface area contributed by atoms with Gasteiger partial charge in [-0.15, -0.1) is 0 Å². The van der Waals surface area contributed by atoms with Gasteiger partial charge in [0.25, 0.3) is 0 Å². The quantitative estimate of drug-likeness (QED) is 0.560. The predicted octanol–water partition coefficient (Wildman–Crippen LogP) is 0.210. The van der Waals surface area contributed by atoms with Gasteiger partial charge in [0.15, 0.2) is 0 Å². The SMILES string of the molecule is CC1(C)C(CO)[C@@H]1CN. The topological polar surface area (TPSA) is 46.2 Å². The van der Waals surface area contributed by atoms with Gasteiger partial charge in [0.1, 0.15) is 0 Å². The van der Waals surface area contributed by atoms with Gasteiger partial charge < -0.3 is 10.8 Å². The van der Waals surface area contributed by atoms with Gasteiger partial charge in [-0.3, -0.25) is 0 Å². The second kappa shape index (κ2) is 1.96. The predicted molar refractivity (Wildman–Crippen MR) is 36.9 cm³/mol. The van der Waals surface area contributed by atoms with Gasteiger partial charge >= 0.3 is 0 Å². The van der Waals surface area contributed by atoms with Crippen LogP contribution < -0.4 is 5.73 Å². The summed E-state index contributed by atoms with van der Waals surface area (Å²) in [5.41, 5.74) is 5.77. The standard InChI is InChI=1S/C7H15NO/c1-7(2)5(3-8)6(7)4-9/h5-6,9H,3-4,8H2,1-2H3/t5-,6?/m0/s1. The fourth-order valence-electron chi connectivity index (χ4n) is 1.69. The second-order valence-electron chi connectivity index (χ2n) is 3.45. The molecule has 0 spiro atoms. The molecule has 0 radical (unpaired) electrons. The van der Waals surface area contributed by atoms with E-state index in [-0.39, 0.29) is 0 Å². The van der Waals surface area contributed by atoms with Gasteiger partial charge in [-0.05, 0) is 23.8 Å². The third kappa shape index (κ3) is 0.864. The first-order valence-electron chi connectivity index (χ1n) is 3.45. The van der Waals surface area contributed by atoms with Crippen LogP contribution in [-0.4, -0.2) is 18.3 Å². The highest BCUT2D eigenvalue weighted by atomic mass is 16.3. The Morgan fingerprint density at radius 1 is 1.44 bits per heavy atom. The van der Waals surface area contributed by atoms with Crippen molar-refractivity contribution >= 4 is 0 Å². The molecule has 2 atom stereocenters. The first-order valence-corrected chi connectivity index (χ1v) is 3.45. The molecule has 1 unspecified atom stereocenters. The minimum Gasteiger partial charge on any atom is -0.396 e. The molecule has 0 saturated heterocycles. The Balaban J connectivity index is 2.45. The Bertz CT molecular complexity index is 99.5. The summed E-state index contributed by atoms with van der Waals surface area (Å²) in [4.78, 5) is 0. The molecule has 0 heterocycles. The summed E-state index contributed by atoms with van der Waals surface area (Å²) in [6.07, 6.45) is 0. The molecule has 0 aromatic heterocycles. The lowest BCUT2D eigenvalue weighted by molar-refractivity contribution is 0.255. The van der Waals surface area contributed by atoms with Crippen molar-refractivity contribution in [1.82, 2.24) is 0 Å². The molecule has 3 N–H and O–H groups in total. The van der Waals surface area contributed by atoms with Crippen molar-refractivity contribution in [2.24, 2.45) is 23.0 Å². The summed E-state index contributed by atoms with van der Waals surface area (Å²) in [7, 11) is 0. The summed E-state index contributed by atoms with van der Waals surface area (Å²) in [5.74, 6) is 1.02. The zero-order chi connectivity index (χ0) is 7.07. The monoisotopic (exact) mass is 129 g/mol. The zero-order valence-electron chi connectivity index (χ0n) is 6.09. The first-order chi connectivity index (χ1) is 4.14. The number of hydrogen-bond donors (Lipinski definition) is 2. The smallest absolute Gasteiger partial charge is 0.0467 e. The third-order valence-electron chi connectivity index (χ3n) is 2.74. The van der Waals surface area contributed by atoms with E-state index >= 15 is 0 Å². The van der Waals surface area contributed by atoms with Crippen molar-refractivity contribution in [3.8, 4) is 0 Å². The first kappa shape index (κ1) is 7.03. The van der Waals surface area contributed by atoms with E-state index in [0.717, 1.165) is 6.54 Å². The number of aliphatic hydroxyl groups is 1. The van der Waals surface area contributed by atoms with Crippen molar-refractivity contribution in [3.05, 3.63) is 0 Å². The summed E-state index contributed by atoms with van der Waals surface area (Å²) >= 11 is 0. The van der Waals surface area contributed by atoms with E-state index in [1.807, 2.05) is 0 Å². The third-order valence-corrected chi connectivity index (χ3v) is 2.74. The molecule has 1 rings (SSSR count). The molecule has 1 saturated carbocycles. The maximum Gasteiger partial charge on any atom is 0.0467 e. The molecule has 54 valence electrons. The molecule has 1 aliphatic rings. The Labute approximate surface area is 56.1 Å². The van der Waals surface area contributed by atoms with E-state index < -0.39 is 0 Å². The Morgan fingerprint density at radius 3 is 2.11 bits per heavy atom. The summed E-state index contributed by atoms with van der Waals surface area (Å²) in [6, 6.07) is 0. The van der Waals surface area contributed by atoms with E-state index in [4.69, 9.17) is 10.8 Å². The van der Waals surface area contributed by atoms with Crippen LogP contribution in [0.5, 0.6) is 0 Å². The molecule has 0 amide bonds. The molecular formula is C7H15NO. The molecule has 1 fully saturated rings. The number of nitrogens with two attached hydrogens (primary N) is 1. The molecule has 0 aromatic carbocycles. The van der Waals surface area contributed by atoms with Crippen molar-refractivity contribution in [1.29, 1.82) is 0 Å². The Hall–Kier alpha value is -0.0800. The molecular weight excluding hydrogens is 114 g/mol. The lowest BCUT2D eigenvalue weighted by atomic mass is 10.1. The zero-order valence-corrected chi connectivity index (χ0v) is 6.09. The van der Waals surface area contributed by atoms with Crippen LogP contribution in [0.4, 0.5) is 0 Å². The van der Waals surface area contributed by atoms with Crippen LogP contribution in [0, 0.1) is 17.3 Å². The van der Waals surface area contributed by atoms with Crippen molar-refractivity contribution in [2.75, 3.05) is 13.2 Å². The van der Waals surface area contributed by atoms with Gasteiger partial charge in [-0.1, -0.05) is 13.8 Å². The van der Waals surface area contributed by atoms with Gasteiger partial charge in [0.2, 0.25) is 0 Å². The summed E-state index contributed by atoms with van der Waals surface area (Å²) in [5, 5.41) is 8.79. The molecule has 0 bridgehead atoms. The van der Waals surface area contributed by atoms with Crippen LogP contribution in [-0.2, 0) is 0 Å². The van der Waals surface area contributed by atoms with Gasteiger partial charge in [-0.25, -0.2) is 0 Å². The maximum absolute atomic E-state index is 8.79. The van der Waals surface area contributed by atoms with Gasteiger partial charge in [0.05, 0.1) is 0 Å². The molecule has 2 heteroatoms. The van der Waals surface area contributed by atoms with Crippen LogP contribution in [0.15, 0.2) is 0 Å². The Kier molecular flexibility index (Phi) is 1.53. The molecule has 2 nitrogen and oxygen atoms in total. The van der Waals surface area contributed by atoms with Crippen LogP contribution in [0.3, 0.4) is 0 Å². The molecule has 9 heavy (non-hydrogen) atoms. The average Bonchev–Trinajstić information content (AvgIpc) is 2.32.